The van der Waals surface area contributed by atoms with Gasteiger partial charge in [-0.25, -0.2) is 0 Å². The zero-order chi connectivity index (χ0) is 17.3. The molecule has 0 atom stereocenters. The van der Waals surface area contributed by atoms with E-state index in [0.29, 0.717) is 18.6 Å². The number of benzene rings is 1. The highest BCUT2D eigenvalue weighted by atomic mass is 16.2. The van der Waals surface area contributed by atoms with Gasteiger partial charge in [0.15, 0.2) is 0 Å². The smallest absolute Gasteiger partial charge is 0.254 e. The third-order valence-corrected chi connectivity index (χ3v) is 5.91. The first-order valence-corrected chi connectivity index (χ1v) is 9.03. The molecule has 0 N–H and O–H groups in total. The average Bonchev–Trinajstić information content (AvgIpc) is 2.55. The Kier molecular flexibility index (Phi) is 4.77. The van der Waals surface area contributed by atoms with Crippen LogP contribution in [0.15, 0.2) is 18.2 Å². The summed E-state index contributed by atoms with van der Waals surface area (Å²) >= 11 is 0. The number of likely N-dealkylation sites (tertiary alicyclic amines) is 2. The Morgan fingerprint density at radius 2 is 1.54 bits per heavy atom. The zero-order valence-corrected chi connectivity index (χ0v) is 15.1. The van der Waals surface area contributed by atoms with Crippen LogP contribution in [-0.4, -0.2) is 53.2 Å². The van der Waals surface area contributed by atoms with Gasteiger partial charge in [-0.1, -0.05) is 18.2 Å². The maximum absolute atomic E-state index is 12.9. The molecule has 130 valence electrons. The predicted molar refractivity (Wildman–Crippen MR) is 95.3 cm³/mol. The lowest BCUT2D eigenvalue weighted by molar-refractivity contribution is -0.123. The molecule has 2 fully saturated rings. The second-order valence-corrected chi connectivity index (χ2v) is 7.58. The van der Waals surface area contributed by atoms with Gasteiger partial charge in [-0.2, -0.15) is 0 Å². The van der Waals surface area contributed by atoms with Gasteiger partial charge < -0.3 is 4.90 Å². The van der Waals surface area contributed by atoms with E-state index in [-0.39, 0.29) is 11.4 Å². The summed E-state index contributed by atoms with van der Waals surface area (Å²) < 4.78 is 0. The van der Waals surface area contributed by atoms with Crippen LogP contribution in [-0.2, 0) is 4.79 Å². The van der Waals surface area contributed by atoms with E-state index in [4.69, 9.17) is 0 Å². The molecule has 0 bridgehead atoms. The molecule has 0 radical (unpaired) electrons. The Morgan fingerprint density at radius 3 is 2.08 bits per heavy atom. The number of nitrogens with zero attached hydrogens (tertiary/aromatic N) is 2. The van der Waals surface area contributed by atoms with Gasteiger partial charge >= 0.3 is 0 Å². The SMILES string of the molecule is Cc1cccc(C)c1C(=O)N1CCC(C)(N2CCC(=O)CC2)CC1. The summed E-state index contributed by atoms with van der Waals surface area (Å²) in [4.78, 5) is 28.9. The molecule has 0 aliphatic carbocycles. The molecular formula is C20H28N2O2. The summed E-state index contributed by atoms with van der Waals surface area (Å²) in [6.45, 7) is 9.67. The predicted octanol–water partition coefficient (Wildman–Crippen LogP) is 2.96. The summed E-state index contributed by atoms with van der Waals surface area (Å²) in [7, 11) is 0. The fourth-order valence-corrected chi connectivity index (χ4v) is 4.11. The van der Waals surface area contributed by atoms with Crippen molar-refractivity contribution in [3.05, 3.63) is 34.9 Å². The van der Waals surface area contributed by atoms with Crippen molar-refractivity contribution in [3.63, 3.8) is 0 Å². The Labute approximate surface area is 144 Å². The summed E-state index contributed by atoms with van der Waals surface area (Å²) in [5, 5.41) is 0. The molecule has 0 aromatic heterocycles. The first kappa shape index (κ1) is 17.2. The zero-order valence-electron chi connectivity index (χ0n) is 15.1. The van der Waals surface area contributed by atoms with Gasteiger partial charge in [0.05, 0.1) is 0 Å². The maximum atomic E-state index is 12.9. The van der Waals surface area contributed by atoms with Crippen LogP contribution in [0.3, 0.4) is 0 Å². The number of amides is 1. The van der Waals surface area contributed by atoms with Gasteiger partial charge in [-0.3, -0.25) is 14.5 Å². The molecule has 0 spiro atoms. The number of rotatable bonds is 2. The minimum absolute atomic E-state index is 0.123. The van der Waals surface area contributed by atoms with Gasteiger partial charge in [-0.05, 0) is 44.7 Å². The summed E-state index contributed by atoms with van der Waals surface area (Å²) in [5.41, 5.74) is 3.11. The van der Waals surface area contributed by atoms with Crippen molar-refractivity contribution in [1.29, 1.82) is 0 Å². The molecule has 1 aromatic carbocycles. The molecule has 2 saturated heterocycles. The quantitative estimate of drug-likeness (QED) is 0.838. The van der Waals surface area contributed by atoms with E-state index in [1.165, 1.54) is 0 Å². The van der Waals surface area contributed by atoms with Crippen LogP contribution in [0, 0.1) is 13.8 Å². The fourth-order valence-electron chi connectivity index (χ4n) is 4.11. The molecule has 0 unspecified atom stereocenters. The van der Waals surface area contributed by atoms with Crippen molar-refractivity contribution in [2.75, 3.05) is 26.2 Å². The normalized spacial score (nSPS) is 21.8. The number of ketones is 1. The second-order valence-electron chi connectivity index (χ2n) is 7.58. The van der Waals surface area contributed by atoms with Crippen LogP contribution in [0.1, 0.15) is 54.1 Å². The minimum atomic E-state index is 0.123. The number of hydrogen-bond acceptors (Lipinski definition) is 3. The van der Waals surface area contributed by atoms with Crippen LogP contribution in [0.5, 0.6) is 0 Å². The lowest BCUT2D eigenvalue weighted by Gasteiger charge is -2.48. The number of hydrogen-bond donors (Lipinski definition) is 0. The van der Waals surface area contributed by atoms with Crippen molar-refractivity contribution >= 4 is 11.7 Å². The summed E-state index contributed by atoms with van der Waals surface area (Å²) in [6, 6.07) is 6.03. The Bertz CT molecular complexity index is 615. The third-order valence-electron chi connectivity index (χ3n) is 5.91. The van der Waals surface area contributed by atoms with E-state index >= 15 is 0 Å². The molecule has 4 heteroatoms. The number of Topliss-reactive ketones (excluding diaryl/α,β-unsaturated/α-hetero) is 1. The van der Waals surface area contributed by atoms with Gasteiger partial charge in [-0.15, -0.1) is 0 Å². The van der Waals surface area contributed by atoms with E-state index in [1.54, 1.807) is 0 Å². The van der Waals surface area contributed by atoms with Crippen LogP contribution in [0.25, 0.3) is 0 Å². The van der Waals surface area contributed by atoms with Gasteiger partial charge in [0, 0.05) is 50.1 Å². The number of carbonyl (C=O) groups is 2. The minimum Gasteiger partial charge on any atom is -0.338 e. The average molecular weight is 328 g/mol. The molecule has 1 amide bonds. The van der Waals surface area contributed by atoms with E-state index in [1.807, 2.05) is 36.9 Å². The van der Waals surface area contributed by atoms with Crippen LogP contribution >= 0.6 is 0 Å². The van der Waals surface area contributed by atoms with Crippen LogP contribution in [0.4, 0.5) is 0 Å². The molecule has 2 aliphatic heterocycles. The van der Waals surface area contributed by atoms with E-state index in [0.717, 1.165) is 55.7 Å². The first-order valence-electron chi connectivity index (χ1n) is 9.03. The van der Waals surface area contributed by atoms with Crippen molar-refractivity contribution < 1.29 is 9.59 Å². The second kappa shape index (κ2) is 6.67. The Hall–Kier alpha value is -1.68. The monoisotopic (exact) mass is 328 g/mol. The molecule has 0 saturated carbocycles. The molecule has 2 aliphatic rings. The van der Waals surface area contributed by atoms with E-state index in [2.05, 4.69) is 11.8 Å². The van der Waals surface area contributed by atoms with Crippen molar-refractivity contribution in [2.24, 2.45) is 0 Å². The number of aryl methyl sites for hydroxylation is 2. The number of piperidine rings is 2. The highest BCUT2D eigenvalue weighted by Crippen LogP contribution is 2.31. The topological polar surface area (TPSA) is 40.6 Å². The lowest BCUT2D eigenvalue weighted by atomic mass is 9.85. The Balaban J connectivity index is 1.66. The van der Waals surface area contributed by atoms with E-state index in [9.17, 15) is 9.59 Å². The molecule has 4 nitrogen and oxygen atoms in total. The van der Waals surface area contributed by atoms with Crippen molar-refractivity contribution in [3.8, 4) is 0 Å². The number of carbonyl (C=O) groups excluding carboxylic acids is 2. The highest BCUT2D eigenvalue weighted by Gasteiger charge is 2.38. The largest absolute Gasteiger partial charge is 0.338 e. The molecular weight excluding hydrogens is 300 g/mol. The standard InChI is InChI=1S/C20H28N2O2/c1-15-5-4-6-16(2)18(15)19(24)21-13-9-20(3,10-14-21)22-11-7-17(23)8-12-22/h4-6H,7-14H2,1-3H3. The fraction of sp³-hybridized carbons (Fsp3) is 0.600. The maximum Gasteiger partial charge on any atom is 0.254 e. The van der Waals surface area contributed by atoms with E-state index < -0.39 is 0 Å². The molecule has 24 heavy (non-hydrogen) atoms. The molecule has 1 aromatic rings. The molecule has 3 rings (SSSR count). The Morgan fingerprint density at radius 1 is 1.00 bits per heavy atom. The summed E-state index contributed by atoms with van der Waals surface area (Å²) in [6.07, 6.45) is 3.33. The lowest BCUT2D eigenvalue weighted by Crippen LogP contribution is -2.56. The van der Waals surface area contributed by atoms with Crippen molar-refractivity contribution in [1.82, 2.24) is 9.80 Å². The third kappa shape index (κ3) is 3.25. The highest BCUT2D eigenvalue weighted by molar-refractivity contribution is 5.97. The van der Waals surface area contributed by atoms with Crippen LogP contribution < -0.4 is 0 Å². The van der Waals surface area contributed by atoms with Gasteiger partial charge in [0.25, 0.3) is 5.91 Å². The first-order chi connectivity index (χ1) is 11.4. The van der Waals surface area contributed by atoms with Gasteiger partial charge in [0.1, 0.15) is 5.78 Å². The van der Waals surface area contributed by atoms with Crippen LogP contribution in [0.2, 0.25) is 0 Å². The van der Waals surface area contributed by atoms with Gasteiger partial charge in [0.2, 0.25) is 0 Å². The van der Waals surface area contributed by atoms with Crippen molar-refractivity contribution in [2.45, 2.75) is 52.0 Å². The molecule has 2 heterocycles. The summed E-state index contributed by atoms with van der Waals surface area (Å²) in [5.74, 6) is 0.555.